The molecule has 0 aliphatic heterocycles. The fourth-order valence-corrected chi connectivity index (χ4v) is 65.9. The molecule has 0 radical (unpaired) electrons. The molecule has 6 rings (SSSR count). The van der Waals surface area contributed by atoms with Gasteiger partial charge >= 0.3 is 251 Å². The molecule has 0 nitrogen and oxygen atoms in total. The van der Waals surface area contributed by atoms with E-state index in [1.165, 1.54) is 45.1 Å². The van der Waals surface area contributed by atoms with Crippen molar-refractivity contribution in [1.29, 1.82) is 0 Å². The fraction of sp³-hybridized carbons (Fsp3) is 0.300. The van der Waals surface area contributed by atoms with E-state index in [0.29, 0.717) is 7.25 Å². The van der Waals surface area contributed by atoms with Crippen molar-refractivity contribution in [2.75, 3.05) is 0 Å². The number of benzene rings is 4. The summed E-state index contributed by atoms with van der Waals surface area (Å²) in [5, 5.41) is 0. The van der Waals surface area contributed by atoms with Gasteiger partial charge in [0.05, 0.1) is 0 Å². The van der Waals surface area contributed by atoms with Crippen LogP contribution in [0.4, 0.5) is 0 Å². The minimum absolute atomic E-state index is 0.332. The molecule has 216 valence electrons. The van der Waals surface area contributed by atoms with E-state index in [9.17, 15) is 0 Å². The van der Waals surface area contributed by atoms with Crippen molar-refractivity contribution >= 4 is 25.6 Å². The van der Waals surface area contributed by atoms with Crippen molar-refractivity contribution in [2.24, 2.45) is 0 Å². The molecule has 0 bridgehead atoms. The predicted octanol–water partition coefficient (Wildman–Crippen LogP) is 9.70. The van der Waals surface area contributed by atoms with E-state index >= 15 is 0 Å². The molecule has 2 heteroatoms. The van der Waals surface area contributed by atoms with E-state index < -0.39 is 14.4 Å². The Bertz CT molecular complexity index is 1700. The first kappa shape index (κ1) is 29.5. The Balaban J connectivity index is 2.04. The summed E-state index contributed by atoms with van der Waals surface area (Å²) in [4.78, 5) is 0. The normalized spacial score (nSPS) is 20.3. The topological polar surface area (TPSA) is 0 Å². The van der Waals surface area contributed by atoms with Gasteiger partial charge in [0.2, 0.25) is 0 Å². The molecule has 0 amide bonds. The molecule has 0 heterocycles. The Morgan fingerprint density at radius 3 is 1.26 bits per heavy atom. The van der Waals surface area contributed by atoms with Crippen LogP contribution in [0, 0.1) is 0 Å². The molecule has 2 aliphatic rings. The van der Waals surface area contributed by atoms with Crippen molar-refractivity contribution in [3.63, 3.8) is 0 Å². The van der Waals surface area contributed by atoms with Crippen LogP contribution < -0.4 is 6.54 Å². The minimum atomic E-state index is -5.88. The molecule has 2 atom stereocenters. The number of rotatable bonds is 10. The summed E-state index contributed by atoms with van der Waals surface area (Å²) in [5.74, 6) is 0. The van der Waals surface area contributed by atoms with Gasteiger partial charge in [0.1, 0.15) is 0 Å². The average Bonchev–Trinajstić information content (AvgIpc) is 3.58. The standard InChI is InChI=1S/2C10H9.2C6H5.2C4H9.H2Si.Zr/c2*1-8-6-9-4-2-3-5-10(9)7-8;2*1-2-4-6-5-3-1;2*1-3-4-2;;/h2*2-7H,1H3;2*1-5H;2*1,3-4H2,2H3;1H2;. The van der Waals surface area contributed by atoms with Crippen molar-refractivity contribution < 1.29 is 14.4 Å². The van der Waals surface area contributed by atoms with Crippen LogP contribution in [0.5, 0.6) is 0 Å². The van der Waals surface area contributed by atoms with E-state index in [2.05, 4.69) is 156 Å². The van der Waals surface area contributed by atoms with Gasteiger partial charge in [-0.25, -0.2) is 0 Å². The van der Waals surface area contributed by atoms with E-state index in [4.69, 9.17) is 0 Å². The zero-order valence-corrected chi connectivity index (χ0v) is 30.0. The summed E-state index contributed by atoms with van der Waals surface area (Å²) in [6.07, 6.45) is 9.93. The van der Waals surface area contributed by atoms with Gasteiger partial charge in [0, 0.05) is 0 Å². The third-order valence-corrected chi connectivity index (χ3v) is 64.0. The fourth-order valence-electron chi connectivity index (χ4n) is 11.8. The van der Waals surface area contributed by atoms with Crippen LogP contribution in [0.3, 0.4) is 0 Å². The van der Waals surface area contributed by atoms with E-state index in [-0.39, 0.29) is 0 Å². The summed E-state index contributed by atoms with van der Waals surface area (Å²) < 4.78 is 6.47. The Kier molecular flexibility index (Phi) is 6.84. The Morgan fingerprint density at radius 2 is 0.881 bits per heavy atom. The van der Waals surface area contributed by atoms with Gasteiger partial charge in [-0.05, 0) is 0 Å². The van der Waals surface area contributed by atoms with Crippen LogP contribution in [0.2, 0.25) is 8.26 Å². The molecule has 0 saturated carbocycles. The molecule has 0 N–H and O–H groups in total. The van der Waals surface area contributed by atoms with Crippen LogP contribution in [0.1, 0.15) is 82.9 Å². The number of hydrogen-bond acceptors (Lipinski definition) is 0. The zero-order valence-electron chi connectivity index (χ0n) is 26.2. The van der Waals surface area contributed by atoms with Gasteiger partial charge in [0.15, 0.2) is 0 Å². The number of hydrogen-bond donors (Lipinski definition) is 0. The molecule has 0 fully saturated rings. The van der Waals surface area contributed by atoms with Crippen molar-refractivity contribution in [3.8, 4) is 0 Å². The van der Waals surface area contributed by atoms with E-state index in [1.807, 2.05) is 0 Å². The molecule has 0 saturated heterocycles. The molecule has 2 aliphatic carbocycles. The van der Waals surface area contributed by atoms with E-state index in [1.54, 1.807) is 28.8 Å². The van der Waals surface area contributed by atoms with Crippen molar-refractivity contribution in [3.05, 3.63) is 143 Å². The summed E-state index contributed by atoms with van der Waals surface area (Å²) in [6, 6.07) is 43.1. The SMILES string of the molecule is CCC[CH2][Zr](=[SiH2])([CH2]CCC)([c]1ccccc1)([c]1ccccc1)([CH]1C(C)=Cc2ccccc21)[CH]1C(C)=Cc2ccccc21. The molecule has 0 aromatic heterocycles. The van der Waals surface area contributed by atoms with Gasteiger partial charge < -0.3 is 0 Å². The monoisotopic (exact) mass is 646 g/mol. The Labute approximate surface area is 249 Å². The molecular formula is C40H48SiZr. The maximum absolute atomic E-state index is 5.88. The van der Waals surface area contributed by atoms with Gasteiger partial charge in [-0.3, -0.25) is 0 Å². The third kappa shape index (κ3) is 3.27. The molecule has 0 spiro atoms. The second-order valence-corrected chi connectivity index (χ2v) is 57.0. The maximum atomic E-state index is 2.61. The van der Waals surface area contributed by atoms with Crippen LogP contribution in [0.25, 0.3) is 12.2 Å². The first-order valence-electron chi connectivity index (χ1n) is 16.3. The van der Waals surface area contributed by atoms with Gasteiger partial charge in [-0.1, -0.05) is 0 Å². The molecular weight excluding hydrogens is 600 g/mol. The summed E-state index contributed by atoms with van der Waals surface area (Å²) in [5.41, 5.74) is 9.09. The summed E-state index contributed by atoms with van der Waals surface area (Å²) >= 11 is -5.88. The molecule has 4 aromatic rings. The first-order chi connectivity index (χ1) is 20.3. The molecule has 42 heavy (non-hydrogen) atoms. The van der Waals surface area contributed by atoms with Crippen molar-refractivity contribution in [2.45, 2.75) is 68.9 Å². The first-order valence-corrected chi connectivity index (χ1v) is 31.0. The van der Waals surface area contributed by atoms with Crippen LogP contribution in [-0.2, 0) is 14.4 Å². The van der Waals surface area contributed by atoms with Gasteiger partial charge in [0.25, 0.3) is 0 Å². The second kappa shape index (κ2) is 9.73. The Morgan fingerprint density at radius 1 is 0.524 bits per heavy atom. The van der Waals surface area contributed by atoms with E-state index in [0.717, 1.165) is 0 Å². The number of allylic oxidation sites excluding steroid dienone is 2. The average molecular weight is 648 g/mol. The number of unbranched alkanes of at least 4 members (excludes halogenated alkanes) is 2. The second-order valence-electron chi connectivity index (χ2n) is 14.7. The van der Waals surface area contributed by atoms with Crippen LogP contribution >= 0.6 is 0 Å². The predicted molar refractivity (Wildman–Crippen MR) is 186 cm³/mol. The summed E-state index contributed by atoms with van der Waals surface area (Å²) in [7, 11) is 0. The zero-order chi connectivity index (χ0) is 29.5. The number of fused-ring (bicyclic) bond motifs is 2. The quantitative estimate of drug-likeness (QED) is 0.150. The Hall–Kier alpha value is -2.54. The molecule has 4 aromatic carbocycles. The molecule has 2 unspecified atom stereocenters. The van der Waals surface area contributed by atoms with Gasteiger partial charge in [-0.15, -0.1) is 0 Å². The third-order valence-electron chi connectivity index (χ3n) is 13.0. The van der Waals surface area contributed by atoms with Gasteiger partial charge in [-0.2, -0.15) is 0 Å². The summed E-state index contributed by atoms with van der Waals surface area (Å²) in [6.45, 7) is 12.4. The van der Waals surface area contributed by atoms with Crippen LogP contribution in [0.15, 0.2) is 120 Å². The van der Waals surface area contributed by atoms with Crippen LogP contribution in [-0.4, -0.2) is 6.88 Å². The van der Waals surface area contributed by atoms with Crippen molar-refractivity contribution in [1.82, 2.24) is 0 Å².